The average Bonchev–Trinajstić information content (AvgIpc) is 4.01. The molecule has 0 saturated heterocycles. The molecule has 8 aromatic carbocycles. The highest BCUT2D eigenvalue weighted by Gasteiger charge is 2.36. The molecule has 424 valence electrons. The number of fused-ring (bicyclic) bond motifs is 6. The molecule has 0 aromatic heterocycles. The van der Waals surface area contributed by atoms with Gasteiger partial charge in [-0.15, -0.1) is 0 Å². The van der Waals surface area contributed by atoms with Crippen LogP contribution in [-0.4, -0.2) is 0 Å². The van der Waals surface area contributed by atoms with Crippen molar-refractivity contribution in [3.05, 3.63) is 231 Å². The van der Waals surface area contributed by atoms with Crippen molar-refractivity contribution in [3.8, 4) is 44.5 Å². The maximum absolute atomic E-state index is 5.89. The van der Waals surface area contributed by atoms with Crippen LogP contribution in [0.1, 0.15) is 214 Å². The molecule has 2 aliphatic rings. The van der Waals surface area contributed by atoms with Crippen LogP contribution >= 0.6 is 15.9 Å². The lowest BCUT2D eigenvalue weighted by molar-refractivity contribution is 0.556. The van der Waals surface area contributed by atoms with Gasteiger partial charge in [0.2, 0.25) is 0 Å². The van der Waals surface area contributed by atoms with Crippen molar-refractivity contribution in [2.24, 2.45) is 0 Å². The van der Waals surface area contributed by atoms with E-state index in [4.69, 9.17) is 5.73 Å². The van der Waals surface area contributed by atoms with E-state index in [0.29, 0.717) is 0 Å². The lowest BCUT2D eigenvalue weighted by Crippen LogP contribution is -2.15. The maximum Gasteiger partial charge on any atom is 0.0317 e. The first kappa shape index (κ1) is 61.1. The molecule has 10 rings (SSSR count). The molecule has 8 aromatic rings. The quantitative estimate of drug-likeness (QED) is 0.0424. The molecule has 0 spiro atoms. The summed E-state index contributed by atoms with van der Waals surface area (Å²) in [6, 6.07) is 67.0. The second-order valence-electron chi connectivity index (χ2n) is 24.7. The van der Waals surface area contributed by atoms with Gasteiger partial charge in [-0.25, -0.2) is 0 Å². The predicted octanol–water partition coefficient (Wildman–Crippen LogP) is 23.9. The zero-order chi connectivity index (χ0) is 56.9. The van der Waals surface area contributed by atoms with Gasteiger partial charge in [-0.1, -0.05) is 331 Å². The number of hydrogen-bond donors (Lipinski definition) is 1. The summed E-state index contributed by atoms with van der Waals surface area (Å²) in [7, 11) is 0. The number of nitrogens with two attached hydrogens (primary N) is 1. The molecule has 0 radical (unpaired) electrons. The van der Waals surface area contributed by atoms with Gasteiger partial charge in [-0.05, 0) is 145 Å². The average molecular weight is 1140 g/mol. The van der Waals surface area contributed by atoms with Gasteiger partial charge in [0.25, 0.3) is 0 Å². The first-order valence-corrected chi connectivity index (χ1v) is 32.5. The minimum atomic E-state index is 0.0610. The highest BCUT2D eigenvalue weighted by molar-refractivity contribution is 9.10. The first-order valence-electron chi connectivity index (χ1n) is 31.7. The third-order valence-electron chi connectivity index (χ3n) is 17.7. The van der Waals surface area contributed by atoms with Crippen LogP contribution in [0.5, 0.6) is 0 Å². The van der Waals surface area contributed by atoms with E-state index in [9.17, 15) is 0 Å². The van der Waals surface area contributed by atoms with Gasteiger partial charge < -0.3 is 5.73 Å². The molecule has 0 unspecified atom stereocenters. The fourth-order valence-corrected chi connectivity index (χ4v) is 12.9. The summed E-state index contributed by atoms with van der Waals surface area (Å²) < 4.78 is 1.13. The van der Waals surface area contributed by atoms with Crippen LogP contribution in [0, 0.1) is 0 Å². The fourth-order valence-electron chi connectivity index (χ4n) is 12.6. The van der Waals surface area contributed by atoms with Gasteiger partial charge in [0, 0.05) is 21.0 Å². The standard InChI is InChI=1S/C40H48.C24H33Br.C15H15N/c1-4-5-6-7-8-9-10-11-12-13-16-31-19-24-34(25-20-31)35-26-21-32(22-27-35)29-33-23-28-37-36-17-14-15-18-38(36)40(2,3)39(37)30-33;1-2-3-4-5-6-7-8-9-10-11-12-21-13-15-22(16-14-21)23-17-19-24(25)20-18-23;1-15(2)13-6-4-3-5-11(13)12-8-7-10(16)9-14(12)15/h14-15,17-28,30H,4-13,16,29H2,1-3H3;13-20H,2-12H2,1H3;3-9H,16H2,1-2H3. The van der Waals surface area contributed by atoms with E-state index >= 15 is 0 Å². The van der Waals surface area contributed by atoms with E-state index < -0.39 is 0 Å². The molecule has 2 aliphatic carbocycles. The summed E-state index contributed by atoms with van der Waals surface area (Å²) in [6.07, 6.45) is 31.4. The topological polar surface area (TPSA) is 26.0 Å². The Hall–Kier alpha value is -5.96. The van der Waals surface area contributed by atoms with Gasteiger partial charge in [0.1, 0.15) is 0 Å². The summed E-state index contributed by atoms with van der Waals surface area (Å²) >= 11 is 3.49. The predicted molar refractivity (Wildman–Crippen MR) is 358 cm³/mol. The van der Waals surface area contributed by atoms with Crippen molar-refractivity contribution in [3.63, 3.8) is 0 Å². The minimum absolute atomic E-state index is 0.0610. The molecule has 0 bridgehead atoms. The molecular weight excluding hydrogens is 1040 g/mol. The Morgan fingerprint density at radius 2 is 0.630 bits per heavy atom. The Morgan fingerprint density at radius 1 is 0.309 bits per heavy atom. The molecule has 81 heavy (non-hydrogen) atoms. The summed E-state index contributed by atoms with van der Waals surface area (Å²) in [5, 5.41) is 0. The van der Waals surface area contributed by atoms with Crippen molar-refractivity contribution in [1.82, 2.24) is 0 Å². The third kappa shape index (κ3) is 17.1. The number of hydrogen-bond acceptors (Lipinski definition) is 1. The van der Waals surface area contributed by atoms with Crippen LogP contribution in [0.3, 0.4) is 0 Å². The molecule has 0 aliphatic heterocycles. The Balaban J connectivity index is 0.000000177. The molecule has 2 heteroatoms. The number of rotatable bonds is 26. The zero-order valence-corrected chi connectivity index (χ0v) is 52.1. The van der Waals surface area contributed by atoms with Crippen molar-refractivity contribution in [2.45, 2.75) is 200 Å². The summed E-state index contributed by atoms with van der Waals surface area (Å²) in [5.74, 6) is 0. The van der Waals surface area contributed by atoms with Crippen molar-refractivity contribution in [1.29, 1.82) is 0 Å². The molecule has 2 N–H and O–H groups in total. The van der Waals surface area contributed by atoms with Crippen LogP contribution in [-0.2, 0) is 30.1 Å². The highest BCUT2D eigenvalue weighted by Crippen LogP contribution is 2.50. The number of benzene rings is 8. The second-order valence-corrected chi connectivity index (χ2v) is 25.6. The van der Waals surface area contributed by atoms with Gasteiger partial charge in [0.05, 0.1) is 0 Å². The van der Waals surface area contributed by atoms with Gasteiger partial charge in [0.15, 0.2) is 0 Å². The van der Waals surface area contributed by atoms with Gasteiger partial charge in [-0.2, -0.15) is 0 Å². The summed E-state index contributed by atoms with van der Waals surface area (Å²) in [5.41, 5.74) is 28.9. The van der Waals surface area contributed by atoms with Crippen molar-refractivity contribution < 1.29 is 0 Å². The Labute approximate surface area is 499 Å². The van der Waals surface area contributed by atoms with Crippen LogP contribution in [0.4, 0.5) is 5.69 Å². The highest BCUT2D eigenvalue weighted by atomic mass is 79.9. The Kier molecular flexibility index (Phi) is 23.3. The Morgan fingerprint density at radius 3 is 1.05 bits per heavy atom. The van der Waals surface area contributed by atoms with Crippen LogP contribution in [0.15, 0.2) is 186 Å². The molecule has 0 atom stereocenters. The number of halogens is 1. The van der Waals surface area contributed by atoms with E-state index in [1.807, 2.05) is 6.07 Å². The van der Waals surface area contributed by atoms with Crippen LogP contribution < -0.4 is 5.73 Å². The van der Waals surface area contributed by atoms with E-state index in [2.05, 4.69) is 233 Å². The monoisotopic (exact) mass is 1140 g/mol. The SMILES string of the molecule is CC1(C)c2ccccc2-c2ccc(N)cc21.CCCCCCCCCCCCc1ccc(-c2ccc(Br)cc2)cc1.CCCCCCCCCCCCc1ccc(-c2ccc(Cc3ccc4c(c3)C(C)(C)c3ccccc3-4)cc2)cc1. The normalized spacial score (nSPS) is 13.0. The second kappa shape index (κ2) is 30.9. The first-order chi connectivity index (χ1) is 39.5. The lowest BCUT2D eigenvalue weighted by Gasteiger charge is -2.22. The van der Waals surface area contributed by atoms with Gasteiger partial charge >= 0.3 is 0 Å². The number of nitrogen functional groups attached to an aromatic ring is 1. The molecule has 0 amide bonds. The zero-order valence-electron chi connectivity index (χ0n) is 50.5. The molecule has 0 heterocycles. The number of aryl methyl sites for hydroxylation is 2. The fraction of sp³-hybridized carbons (Fsp3) is 0.392. The number of unbranched alkanes of at least 4 members (excludes halogenated alkanes) is 18. The maximum atomic E-state index is 5.89. The van der Waals surface area contributed by atoms with E-state index in [1.54, 1.807) is 0 Å². The van der Waals surface area contributed by atoms with Crippen molar-refractivity contribution in [2.75, 3.05) is 5.73 Å². The summed E-state index contributed by atoms with van der Waals surface area (Å²) in [4.78, 5) is 0. The van der Waals surface area contributed by atoms with E-state index in [-0.39, 0.29) is 10.8 Å². The van der Waals surface area contributed by atoms with Gasteiger partial charge in [-0.3, -0.25) is 0 Å². The minimum Gasteiger partial charge on any atom is -0.399 e. The van der Waals surface area contributed by atoms with Crippen LogP contribution in [0.25, 0.3) is 44.5 Å². The molecule has 1 nitrogen and oxygen atoms in total. The van der Waals surface area contributed by atoms with E-state index in [0.717, 1.165) is 16.6 Å². The molecular formula is C79H96BrN. The Bertz CT molecular complexity index is 3140. The van der Waals surface area contributed by atoms with Crippen molar-refractivity contribution >= 4 is 21.6 Å². The lowest BCUT2D eigenvalue weighted by atomic mass is 9.81. The number of anilines is 1. The largest absolute Gasteiger partial charge is 0.399 e. The smallest absolute Gasteiger partial charge is 0.0317 e. The van der Waals surface area contributed by atoms with Crippen LogP contribution in [0.2, 0.25) is 0 Å². The molecule has 0 saturated carbocycles. The third-order valence-corrected chi connectivity index (χ3v) is 18.2. The van der Waals surface area contributed by atoms with E-state index in [1.165, 1.54) is 230 Å². The summed E-state index contributed by atoms with van der Waals surface area (Å²) in [6.45, 7) is 13.8. The molecule has 0 fully saturated rings.